The minimum absolute atomic E-state index is 0.0575. The number of fused-ring (bicyclic) bond motifs is 1. The third-order valence-electron chi connectivity index (χ3n) is 2.41. The summed E-state index contributed by atoms with van der Waals surface area (Å²) >= 11 is 1.43. The van der Waals surface area contributed by atoms with Gasteiger partial charge in [-0.3, -0.25) is 10.1 Å². The molecule has 0 radical (unpaired) electrons. The maximum Gasteiger partial charge on any atom is 0.274 e. The van der Waals surface area contributed by atoms with E-state index >= 15 is 0 Å². The Bertz CT molecular complexity index is 577. The number of hydrogen-bond donors (Lipinski definition) is 1. The molecular weight excluding hydrogens is 240 g/mol. The fourth-order valence-corrected chi connectivity index (χ4v) is 2.62. The molecule has 0 saturated heterocycles. The Hall–Kier alpha value is -1.53. The number of hydrogen-bond acceptors (Lipinski definition) is 5. The lowest BCUT2D eigenvalue weighted by atomic mass is 10.1. The van der Waals surface area contributed by atoms with E-state index in [1.165, 1.54) is 17.4 Å². The number of aryl methyl sites for hydroxylation is 1. The zero-order chi connectivity index (χ0) is 12.6. The van der Waals surface area contributed by atoms with Gasteiger partial charge in [0.05, 0.1) is 26.3 Å². The molecule has 0 aliphatic heterocycles. The quantitative estimate of drug-likeness (QED) is 0.672. The van der Waals surface area contributed by atoms with E-state index in [0.717, 1.165) is 15.2 Å². The van der Waals surface area contributed by atoms with E-state index in [9.17, 15) is 15.2 Å². The van der Waals surface area contributed by atoms with E-state index in [1.807, 2.05) is 6.92 Å². The lowest BCUT2D eigenvalue weighted by Crippen LogP contribution is -2.06. The van der Waals surface area contributed by atoms with E-state index < -0.39 is 11.0 Å². The van der Waals surface area contributed by atoms with Crippen molar-refractivity contribution in [3.8, 4) is 0 Å². The molecule has 1 unspecified atom stereocenters. The highest BCUT2D eigenvalue weighted by molar-refractivity contribution is 7.18. The van der Waals surface area contributed by atoms with E-state index in [1.54, 1.807) is 13.0 Å². The molecule has 90 valence electrons. The van der Waals surface area contributed by atoms with Crippen molar-refractivity contribution in [1.29, 1.82) is 0 Å². The first kappa shape index (κ1) is 11.9. The predicted octanol–water partition coefficient (Wildman–Crippen LogP) is 2.44. The van der Waals surface area contributed by atoms with Crippen LogP contribution in [0.1, 0.15) is 17.5 Å². The SMILES string of the molecule is Cc1nc2cc(CC(C)O)c([N+](=O)[O-])cc2s1. The lowest BCUT2D eigenvalue weighted by Gasteiger charge is -2.05. The second kappa shape index (κ2) is 4.38. The Balaban J connectivity index is 2.61. The van der Waals surface area contributed by atoms with Gasteiger partial charge in [-0.1, -0.05) is 0 Å². The number of thiazole rings is 1. The summed E-state index contributed by atoms with van der Waals surface area (Å²) in [7, 11) is 0. The molecule has 1 aromatic carbocycles. The second-order valence-electron chi connectivity index (χ2n) is 3.99. The Morgan fingerprint density at radius 1 is 1.59 bits per heavy atom. The molecule has 0 spiro atoms. The van der Waals surface area contributed by atoms with Crippen LogP contribution < -0.4 is 0 Å². The van der Waals surface area contributed by atoms with Gasteiger partial charge in [0.15, 0.2) is 0 Å². The third-order valence-corrected chi connectivity index (χ3v) is 3.34. The summed E-state index contributed by atoms with van der Waals surface area (Å²) < 4.78 is 0.809. The zero-order valence-electron chi connectivity index (χ0n) is 9.51. The zero-order valence-corrected chi connectivity index (χ0v) is 10.3. The molecule has 2 aromatic rings. The molecular formula is C11H12N2O3S. The van der Waals surface area contributed by atoms with Gasteiger partial charge >= 0.3 is 0 Å². The number of benzene rings is 1. The highest BCUT2D eigenvalue weighted by Crippen LogP contribution is 2.30. The summed E-state index contributed by atoms with van der Waals surface area (Å²) in [6, 6.07) is 3.24. The first-order chi connectivity index (χ1) is 7.97. The van der Waals surface area contributed by atoms with Crippen LogP contribution in [0.25, 0.3) is 10.2 Å². The molecule has 0 amide bonds. The molecule has 0 fully saturated rings. The molecule has 1 aromatic heterocycles. The maximum absolute atomic E-state index is 11.0. The first-order valence-electron chi connectivity index (χ1n) is 5.20. The lowest BCUT2D eigenvalue weighted by molar-refractivity contribution is -0.385. The molecule has 17 heavy (non-hydrogen) atoms. The smallest absolute Gasteiger partial charge is 0.274 e. The van der Waals surface area contributed by atoms with Crippen LogP contribution in [0.15, 0.2) is 12.1 Å². The van der Waals surface area contributed by atoms with Gasteiger partial charge in [-0.2, -0.15) is 0 Å². The van der Waals surface area contributed by atoms with Crippen molar-refractivity contribution in [2.45, 2.75) is 26.4 Å². The van der Waals surface area contributed by atoms with Gasteiger partial charge < -0.3 is 5.11 Å². The highest BCUT2D eigenvalue weighted by atomic mass is 32.1. The summed E-state index contributed by atoms with van der Waals surface area (Å²) in [5.41, 5.74) is 1.35. The number of nitro benzene ring substituents is 1. The largest absolute Gasteiger partial charge is 0.393 e. The van der Waals surface area contributed by atoms with E-state index in [4.69, 9.17) is 0 Å². The topological polar surface area (TPSA) is 76.3 Å². The molecule has 0 saturated carbocycles. The molecule has 1 atom stereocenters. The van der Waals surface area contributed by atoms with Crippen LogP contribution in [0, 0.1) is 17.0 Å². The fraction of sp³-hybridized carbons (Fsp3) is 0.364. The van der Waals surface area contributed by atoms with Crippen LogP contribution in [-0.2, 0) is 6.42 Å². The molecule has 0 aliphatic rings. The molecule has 1 heterocycles. The minimum Gasteiger partial charge on any atom is -0.393 e. The summed E-state index contributed by atoms with van der Waals surface area (Å²) in [5, 5.41) is 21.2. The van der Waals surface area contributed by atoms with Crippen molar-refractivity contribution < 1.29 is 10.0 Å². The Kier molecular flexibility index (Phi) is 3.08. The molecule has 0 aliphatic carbocycles. The summed E-state index contributed by atoms with van der Waals surface area (Å²) in [6.45, 7) is 3.48. The van der Waals surface area contributed by atoms with Gasteiger partial charge in [0.25, 0.3) is 5.69 Å². The van der Waals surface area contributed by atoms with Crippen LogP contribution >= 0.6 is 11.3 Å². The summed E-state index contributed by atoms with van der Waals surface area (Å²) in [6.07, 6.45) is -0.339. The van der Waals surface area contributed by atoms with Gasteiger partial charge in [-0.15, -0.1) is 11.3 Å². The van der Waals surface area contributed by atoms with E-state index in [2.05, 4.69) is 4.98 Å². The van der Waals surface area contributed by atoms with Gasteiger partial charge in [0.1, 0.15) is 0 Å². The molecule has 5 nitrogen and oxygen atoms in total. The molecule has 6 heteroatoms. The number of aliphatic hydroxyl groups excluding tert-OH is 1. The van der Waals surface area contributed by atoms with Crippen molar-refractivity contribution in [2.75, 3.05) is 0 Å². The number of rotatable bonds is 3. The number of aromatic nitrogens is 1. The normalized spacial score (nSPS) is 12.9. The van der Waals surface area contributed by atoms with Crippen LogP contribution in [0.2, 0.25) is 0 Å². The van der Waals surface area contributed by atoms with Crippen molar-refractivity contribution >= 4 is 27.2 Å². The summed E-state index contributed by atoms with van der Waals surface area (Å²) in [5.74, 6) is 0. The average molecular weight is 252 g/mol. The molecule has 1 N–H and O–H groups in total. The van der Waals surface area contributed by atoms with Crippen LogP contribution in [0.5, 0.6) is 0 Å². The highest BCUT2D eigenvalue weighted by Gasteiger charge is 2.18. The fourth-order valence-electron chi connectivity index (χ4n) is 1.77. The van der Waals surface area contributed by atoms with Gasteiger partial charge in [-0.25, -0.2) is 4.98 Å². The average Bonchev–Trinajstić information content (AvgIpc) is 2.54. The Morgan fingerprint density at radius 3 is 2.88 bits per heavy atom. The number of nitro groups is 1. The van der Waals surface area contributed by atoms with E-state index in [0.29, 0.717) is 5.56 Å². The van der Waals surface area contributed by atoms with Crippen molar-refractivity contribution in [2.24, 2.45) is 0 Å². The van der Waals surface area contributed by atoms with Gasteiger partial charge in [0.2, 0.25) is 0 Å². The number of nitrogens with zero attached hydrogens (tertiary/aromatic N) is 2. The Morgan fingerprint density at radius 2 is 2.29 bits per heavy atom. The third kappa shape index (κ3) is 2.42. The summed E-state index contributed by atoms with van der Waals surface area (Å²) in [4.78, 5) is 14.8. The monoisotopic (exact) mass is 252 g/mol. The van der Waals surface area contributed by atoms with Gasteiger partial charge in [-0.05, 0) is 19.9 Å². The van der Waals surface area contributed by atoms with Crippen molar-refractivity contribution in [1.82, 2.24) is 4.98 Å². The van der Waals surface area contributed by atoms with Gasteiger partial charge in [0, 0.05) is 18.1 Å². The number of aliphatic hydroxyl groups is 1. The Labute approximate surface area is 102 Å². The molecule has 0 bridgehead atoms. The predicted molar refractivity (Wildman–Crippen MR) is 66.4 cm³/mol. The van der Waals surface area contributed by atoms with E-state index in [-0.39, 0.29) is 12.1 Å². The van der Waals surface area contributed by atoms with Crippen LogP contribution in [0.4, 0.5) is 5.69 Å². The van der Waals surface area contributed by atoms with Crippen LogP contribution in [-0.4, -0.2) is 21.1 Å². The molecule has 2 rings (SSSR count). The van der Waals surface area contributed by atoms with Crippen LogP contribution in [0.3, 0.4) is 0 Å². The van der Waals surface area contributed by atoms with Crippen molar-refractivity contribution in [3.05, 3.63) is 32.8 Å². The van der Waals surface area contributed by atoms with Crippen molar-refractivity contribution in [3.63, 3.8) is 0 Å². The first-order valence-corrected chi connectivity index (χ1v) is 6.01. The standard InChI is InChI=1S/C11H12N2O3S/c1-6(14)3-8-4-9-11(17-7(2)12-9)5-10(8)13(15)16/h4-6,14H,3H2,1-2H3. The maximum atomic E-state index is 11.0. The minimum atomic E-state index is -0.606. The second-order valence-corrected chi connectivity index (χ2v) is 5.23.